The third-order valence-electron chi connectivity index (χ3n) is 1.10. The lowest BCUT2D eigenvalue weighted by Crippen LogP contribution is -1.87. The highest BCUT2D eigenvalue weighted by atomic mass is 17.2. The average Bonchev–Trinajstić information content (AvgIpc) is 2.31. The normalized spacial score (nSPS) is 10.2. The molecule has 0 saturated carbocycles. The highest BCUT2D eigenvalue weighted by Crippen LogP contribution is 2.06. The van der Waals surface area contributed by atoms with E-state index in [-0.39, 0.29) is 0 Å². The van der Waals surface area contributed by atoms with E-state index in [1.807, 2.05) is 13.0 Å². The smallest absolute Gasteiger partial charge is 0.140 e. The van der Waals surface area contributed by atoms with Gasteiger partial charge in [-0.3, -0.25) is 0 Å². The fraction of sp³-hybridized carbons (Fsp3) is 0.429. The molecule has 0 aromatic carbocycles. The van der Waals surface area contributed by atoms with E-state index >= 15 is 0 Å². The van der Waals surface area contributed by atoms with E-state index in [9.17, 15) is 0 Å². The molecule has 10 heavy (non-hydrogen) atoms. The first-order chi connectivity index (χ1) is 4.83. The Balaban J connectivity index is 2.42. The molecular weight excluding hydrogens is 132 g/mol. The van der Waals surface area contributed by atoms with Crippen LogP contribution in [0.15, 0.2) is 16.7 Å². The summed E-state index contributed by atoms with van der Waals surface area (Å²) in [4.78, 5) is 9.03. The van der Waals surface area contributed by atoms with Gasteiger partial charge in [-0.1, -0.05) is 0 Å². The standard InChI is InChI=1S/C7H10O3/c1-6-3-7(9-4-6)5-10-8-2/h3-4H,5H2,1-2H3. The van der Waals surface area contributed by atoms with Crippen molar-refractivity contribution in [2.75, 3.05) is 7.11 Å². The molecule has 0 aliphatic carbocycles. The Kier molecular flexibility index (Phi) is 2.48. The fourth-order valence-electron chi connectivity index (χ4n) is 0.683. The summed E-state index contributed by atoms with van der Waals surface area (Å²) in [5.74, 6) is 0.777. The average molecular weight is 142 g/mol. The molecular formula is C7H10O3. The van der Waals surface area contributed by atoms with Crippen LogP contribution in [0.5, 0.6) is 0 Å². The van der Waals surface area contributed by atoms with Crippen LogP contribution in [0.25, 0.3) is 0 Å². The molecule has 56 valence electrons. The first-order valence-corrected chi connectivity index (χ1v) is 3.02. The van der Waals surface area contributed by atoms with Crippen molar-refractivity contribution >= 4 is 0 Å². The van der Waals surface area contributed by atoms with Crippen molar-refractivity contribution in [1.82, 2.24) is 0 Å². The molecule has 0 unspecified atom stereocenters. The summed E-state index contributed by atoms with van der Waals surface area (Å²) in [6, 6.07) is 1.90. The summed E-state index contributed by atoms with van der Waals surface area (Å²) in [5.41, 5.74) is 1.09. The van der Waals surface area contributed by atoms with Gasteiger partial charge in [-0.15, -0.1) is 0 Å². The van der Waals surface area contributed by atoms with E-state index < -0.39 is 0 Å². The van der Waals surface area contributed by atoms with Crippen LogP contribution in [0.3, 0.4) is 0 Å². The quantitative estimate of drug-likeness (QED) is 0.475. The lowest BCUT2D eigenvalue weighted by Gasteiger charge is -1.93. The van der Waals surface area contributed by atoms with Gasteiger partial charge in [0.1, 0.15) is 12.4 Å². The minimum Gasteiger partial charge on any atom is -0.466 e. The van der Waals surface area contributed by atoms with Crippen molar-refractivity contribution < 1.29 is 14.2 Å². The van der Waals surface area contributed by atoms with E-state index in [2.05, 4.69) is 9.78 Å². The van der Waals surface area contributed by atoms with Crippen LogP contribution in [-0.4, -0.2) is 7.11 Å². The molecule has 0 saturated heterocycles. The molecule has 0 atom stereocenters. The Bertz CT molecular complexity index is 192. The second-order valence-electron chi connectivity index (χ2n) is 2.02. The molecule has 0 spiro atoms. The summed E-state index contributed by atoms with van der Waals surface area (Å²) in [6.07, 6.45) is 1.67. The van der Waals surface area contributed by atoms with E-state index in [4.69, 9.17) is 4.42 Å². The highest BCUT2D eigenvalue weighted by Gasteiger charge is 1.96. The van der Waals surface area contributed by atoms with Gasteiger partial charge in [0.15, 0.2) is 0 Å². The molecule has 1 heterocycles. The van der Waals surface area contributed by atoms with Crippen LogP contribution in [-0.2, 0) is 16.4 Å². The topological polar surface area (TPSA) is 31.6 Å². The number of hydrogen-bond donors (Lipinski definition) is 0. The molecule has 1 rings (SSSR count). The van der Waals surface area contributed by atoms with Crippen LogP contribution in [0.2, 0.25) is 0 Å². The Morgan fingerprint density at radius 1 is 1.60 bits per heavy atom. The number of aryl methyl sites for hydroxylation is 1. The predicted octanol–water partition coefficient (Wildman–Crippen LogP) is 1.67. The molecule has 0 fully saturated rings. The maximum atomic E-state index is 5.06. The third-order valence-corrected chi connectivity index (χ3v) is 1.10. The largest absolute Gasteiger partial charge is 0.466 e. The van der Waals surface area contributed by atoms with E-state index in [1.54, 1.807) is 6.26 Å². The van der Waals surface area contributed by atoms with Gasteiger partial charge >= 0.3 is 0 Å². The zero-order chi connectivity index (χ0) is 7.40. The molecule has 1 aromatic rings. The van der Waals surface area contributed by atoms with Crippen molar-refractivity contribution in [3.8, 4) is 0 Å². The van der Waals surface area contributed by atoms with Crippen molar-refractivity contribution in [2.45, 2.75) is 13.5 Å². The Labute approximate surface area is 59.5 Å². The third kappa shape index (κ3) is 1.86. The van der Waals surface area contributed by atoms with Gasteiger partial charge in [0.05, 0.1) is 13.4 Å². The van der Waals surface area contributed by atoms with Crippen LogP contribution in [0, 0.1) is 6.92 Å². The molecule has 3 nitrogen and oxygen atoms in total. The molecule has 0 aliphatic rings. The maximum absolute atomic E-state index is 5.06. The van der Waals surface area contributed by atoms with E-state index in [0.717, 1.165) is 11.3 Å². The number of furan rings is 1. The van der Waals surface area contributed by atoms with Crippen LogP contribution < -0.4 is 0 Å². The van der Waals surface area contributed by atoms with Crippen LogP contribution in [0.4, 0.5) is 0 Å². The Hall–Kier alpha value is -0.800. The van der Waals surface area contributed by atoms with Crippen LogP contribution >= 0.6 is 0 Å². The predicted molar refractivity (Wildman–Crippen MR) is 35.2 cm³/mol. The van der Waals surface area contributed by atoms with Gasteiger partial charge in [-0.2, -0.15) is 0 Å². The summed E-state index contributed by atoms with van der Waals surface area (Å²) in [5, 5.41) is 0. The fourth-order valence-corrected chi connectivity index (χ4v) is 0.683. The van der Waals surface area contributed by atoms with Gasteiger partial charge in [0.2, 0.25) is 0 Å². The molecule has 0 amide bonds. The number of hydrogen-bond acceptors (Lipinski definition) is 3. The van der Waals surface area contributed by atoms with E-state index in [0.29, 0.717) is 6.61 Å². The van der Waals surface area contributed by atoms with Gasteiger partial charge in [-0.05, 0) is 18.6 Å². The molecule has 0 N–H and O–H groups in total. The maximum Gasteiger partial charge on any atom is 0.140 e. The van der Waals surface area contributed by atoms with Gasteiger partial charge in [0.25, 0.3) is 0 Å². The monoisotopic (exact) mass is 142 g/mol. The minimum absolute atomic E-state index is 0.365. The van der Waals surface area contributed by atoms with E-state index in [1.165, 1.54) is 7.11 Å². The van der Waals surface area contributed by atoms with Gasteiger partial charge in [0, 0.05) is 0 Å². The summed E-state index contributed by atoms with van der Waals surface area (Å²) in [7, 11) is 1.47. The SMILES string of the molecule is COOCc1cc(C)co1. The highest BCUT2D eigenvalue weighted by molar-refractivity contribution is 5.09. The number of rotatable bonds is 3. The molecule has 1 aromatic heterocycles. The molecule has 0 aliphatic heterocycles. The first kappa shape index (κ1) is 7.31. The van der Waals surface area contributed by atoms with Crippen LogP contribution in [0.1, 0.15) is 11.3 Å². The zero-order valence-corrected chi connectivity index (χ0v) is 6.09. The second kappa shape index (κ2) is 3.39. The lowest BCUT2D eigenvalue weighted by molar-refractivity contribution is -0.284. The summed E-state index contributed by atoms with van der Waals surface area (Å²) >= 11 is 0. The second-order valence-corrected chi connectivity index (χ2v) is 2.02. The van der Waals surface area contributed by atoms with Gasteiger partial charge < -0.3 is 4.42 Å². The minimum atomic E-state index is 0.365. The molecule has 0 bridgehead atoms. The Morgan fingerprint density at radius 2 is 2.40 bits per heavy atom. The molecule has 0 radical (unpaired) electrons. The lowest BCUT2D eigenvalue weighted by atomic mass is 10.3. The zero-order valence-electron chi connectivity index (χ0n) is 6.09. The Morgan fingerprint density at radius 3 is 2.90 bits per heavy atom. The van der Waals surface area contributed by atoms with Crippen molar-refractivity contribution in [2.24, 2.45) is 0 Å². The van der Waals surface area contributed by atoms with Crippen molar-refractivity contribution in [3.63, 3.8) is 0 Å². The summed E-state index contributed by atoms with van der Waals surface area (Å²) < 4.78 is 5.06. The first-order valence-electron chi connectivity index (χ1n) is 3.02. The van der Waals surface area contributed by atoms with Gasteiger partial charge in [-0.25, -0.2) is 9.78 Å². The summed E-state index contributed by atoms with van der Waals surface area (Å²) in [6.45, 7) is 2.32. The molecule has 3 heteroatoms. The van der Waals surface area contributed by atoms with Crippen molar-refractivity contribution in [3.05, 3.63) is 23.7 Å². The van der Waals surface area contributed by atoms with Crippen molar-refractivity contribution in [1.29, 1.82) is 0 Å².